The fraction of sp³-hybridized carbons (Fsp3) is 0.381. The van der Waals surface area contributed by atoms with Crippen molar-refractivity contribution in [3.05, 3.63) is 57.9 Å². The summed E-state index contributed by atoms with van der Waals surface area (Å²) in [6.45, 7) is 9.39. The highest BCUT2D eigenvalue weighted by atomic mass is 31.2. The number of hydrogen-bond acceptors (Lipinski definition) is 5. The molecule has 0 bridgehead atoms. The molecule has 0 spiro atoms. The van der Waals surface area contributed by atoms with Crippen LogP contribution in [0.3, 0.4) is 0 Å². The molecule has 1 N–H and O–H groups in total. The van der Waals surface area contributed by atoms with E-state index in [1.807, 2.05) is 0 Å². The quantitative estimate of drug-likeness (QED) is 0.164. The minimum absolute atomic E-state index is 0.0674. The third-order valence-corrected chi connectivity index (χ3v) is 6.23. The van der Waals surface area contributed by atoms with Gasteiger partial charge in [0.1, 0.15) is 11.8 Å². The fourth-order valence-electron chi connectivity index (χ4n) is 2.64. The Labute approximate surface area is 187 Å². The van der Waals surface area contributed by atoms with Gasteiger partial charge >= 0.3 is 13.7 Å². The zero-order valence-corrected chi connectivity index (χ0v) is 19.6. The van der Waals surface area contributed by atoms with Crippen LogP contribution in [0.2, 0.25) is 0 Å². The van der Waals surface area contributed by atoms with Gasteiger partial charge in [-0.1, -0.05) is 6.07 Å². The number of carbonyl (C=O) groups is 1. The second-order valence-electron chi connectivity index (χ2n) is 7.55. The Bertz CT molecular complexity index is 1100. The van der Waals surface area contributed by atoms with Crippen molar-refractivity contribution in [2.45, 2.75) is 53.7 Å². The van der Waals surface area contributed by atoms with E-state index >= 15 is 0 Å². The number of halogens is 5. The van der Waals surface area contributed by atoms with E-state index in [-0.39, 0.29) is 5.75 Å². The molecule has 0 saturated carbocycles. The van der Waals surface area contributed by atoms with Gasteiger partial charge in [0.15, 0.2) is 0 Å². The molecule has 2 aromatic carbocycles. The van der Waals surface area contributed by atoms with E-state index in [0.717, 1.165) is 11.1 Å². The Morgan fingerprint density at radius 1 is 0.848 bits per heavy atom. The Hall–Kier alpha value is -2.65. The van der Waals surface area contributed by atoms with Crippen LogP contribution in [0.25, 0.3) is 0 Å². The third kappa shape index (κ3) is 5.83. The smallest absolute Gasteiger partial charge is 0.462 e. The van der Waals surface area contributed by atoms with E-state index in [4.69, 9.17) is 13.8 Å². The van der Waals surface area contributed by atoms with Crippen LogP contribution in [0, 0.1) is 49.9 Å². The standard InChI is InChI=1S/C21H23F5NO5P/c1-9(2)30-21(28)13(6)27-33(29,31-14-8-7-10(3)11(4)12(14)5)32-20-18(25)16(23)15(22)17(24)19(20)26/h7-9,13H,1-6H3,(H,27,29)/t13-,33?/m0/s1. The third-order valence-electron chi connectivity index (χ3n) is 4.67. The summed E-state index contributed by atoms with van der Waals surface area (Å²) >= 11 is 0. The highest BCUT2D eigenvalue weighted by molar-refractivity contribution is 7.52. The maximum Gasteiger partial charge on any atom is 0.513 e. The molecule has 0 radical (unpaired) electrons. The monoisotopic (exact) mass is 495 g/mol. The lowest BCUT2D eigenvalue weighted by Crippen LogP contribution is -2.37. The summed E-state index contributed by atoms with van der Waals surface area (Å²) in [4.78, 5) is 12.2. The molecular weight excluding hydrogens is 472 g/mol. The molecule has 0 amide bonds. The molecule has 0 fully saturated rings. The number of aryl methyl sites for hydroxylation is 1. The van der Waals surface area contributed by atoms with Gasteiger partial charge in [0, 0.05) is 0 Å². The van der Waals surface area contributed by atoms with E-state index in [1.165, 1.54) is 13.0 Å². The van der Waals surface area contributed by atoms with Crippen molar-refractivity contribution >= 4 is 13.7 Å². The molecule has 2 aromatic rings. The predicted octanol–water partition coefficient (Wildman–Crippen LogP) is 5.80. The number of benzene rings is 2. The highest BCUT2D eigenvalue weighted by Crippen LogP contribution is 2.48. The maximum atomic E-state index is 14.2. The molecular formula is C21H23F5NO5P. The first-order chi connectivity index (χ1) is 15.2. The SMILES string of the molecule is Cc1ccc(OP(=O)(N[C@@H](C)C(=O)OC(C)C)Oc2c(F)c(F)c(F)c(F)c2F)c(C)c1C. The van der Waals surface area contributed by atoms with Crippen molar-refractivity contribution in [3.63, 3.8) is 0 Å². The second kappa shape index (κ2) is 10.1. The molecule has 0 heterocycles. The minimum Gasteiger partial charge on any atom is -0.462 e. The topological polar surface area (TPSA) is 73.9 Å². The van der Waals surface area contributed by atoms with Gasteiger partial charge in [-0.05, 0) is 64.3 Å². The van der Waals surface area contributed by atoms with Crippen molar-refractivity contribution in [3.8, 4) is 11.5 Å². The van der Waals surface area contributed by atoms with Crippen LogP contribution in [0.5, 0.6) is 11.5 Å². The maximum absolute atomic E-state index is 14.2. The first kappa shape index (κ1) is 26.6. The van der Waals surface area contributed by atoms with Crippen molar-refractivity contribution < 1.29 is 45.1 Å². The molecule has 6 nitrogen and oxygen atoms in total. The molecule has 33 heavy (non-hydrogen) atoms. The molecule has 1 unspecified atom stereocenters. The number of esters is 1. The largest absolute Gasteiger partial charge is 0.513 e. The first-order valence-electron chi connectivity index (χ1n) is 9.74. The first-order valence-corrected chi connectivity index (χ1v) is 11.3. The van der Waals surface area contributed by atoms with Crippen LogP contribution in [0.4, 0.5) is 22.0 Å². The van der Waals surface area contributed by atoms with Crippen molar-refractivity contribution in [2.24, 2.45) is 0 Å². The Morgan fingerprint density at radius 2 is 1.36 bits per heavy atom. The van der Waals surface area contributed by atoms with Crippen molar-refractivity contribution in [1.82, 2.24) is 5.09 Å². The van der Waals surface area contributed by atoms with Gasteiger partial charge in [-0.3, -0.25) is 4.79 Å². The average molecular weight is 495 g/mol. The summed E-state index contributed by atoms with van der Waals surface area (Å²) in [6.07, 6.45) is -0.555. The number of rotatable bonds is 8. The predicted molar refractivity (Wildman–Crippen MR) is 110 cm³/mol. The summed E-state index contributed by atoms with van der Waals surface area (Å²) in [5, 5.41) is 2.13. The lowest BCUT2D eigenvalue weighted by Gasteiger charge is -2.25. The average Bonchev–Trinajstić information content (AvgIpc) is 2.74. The summed E-state index contributed by atoms with van der Waals surface area (Å²) in [5.41, 5.74) is 2.04. The van der Waals surface area contributed by atoms with E-state index in [0.29, 0.717) is 5.56 Å². The Morgan fingerprint density at radius 3 is 1.88 bits per heavy atom. The highest BCUT2D eigenvalue weighted by Gasteiger charge is 2.38. The number of nitrogens with one attached hydrogen (secondary N) is 1. The number of ether oxygens (including phenoxy) is 1. The number of hydrogen-bond donors (Lipinski definition) is 1. The summed E-state index contributed by atoms with van der Waals surface area (Å²) in [5.74, 6) is -14.5. The van der Waals surface area contributed by atoms with Crippen molar-refractivity contribution in [2.75, 3.05) is 0 Å². The zero-order valence-electron chi connectivity index (χ0n) is 18.7. The molecule has 2 atom stereocenters. The van der Waals surface area contributed by atoms with Crippen molar-refractivity contribution in [1.29, 1.82) is 0 Å². The van der Waals surface area contributed by atoms with Crippen LogP contribution in [0.15, 0.2) is 12.1 Å². The van der Waals surface area contributed by atoms with Crippen LogP contribution in [-0.4, -0.2) is 18.1 Å². The molecule has 0 aliphatic carbocycles. The molecule has 2 rings (SSSR count). The molecule has 0 aromatic heterocycles. The van der Waals surface area contributed by atoms with E-state index in [9.17, 15) is 31.3 Å². The fourth-order valence-corrected chi connectivity index (χ4v) is 4.22. The molecule has 0 aliphatic rings. The Balaban J connectivity index is 2.55. The summed E-state index contributed by atoms with van der Waals surface area (Å²) in [7, 11) is -4.97. The second-order valence-corrected chi connectivity index (χ2v) is 9.16. The van der Waals surface area contributed by atoms with Crippen LogP contribution < -0.4 is 14.1 Å². The van der Waals surface area contributed by atoms with Gasteiger partial charge < -0.3 is 13.8 Å². The molecule has 12 heteroatoms. The normalized spacial score (nSPS) is 14.1. The van der Waals surface area contributed by atoms with Crippen LogP contribution >= 0.6 is 7.75 Å². The van der Waals surface area contributed by atoms with Gasteiger partial charge in [-0.2, -0.15) is 13.9 Å². The molecule has 0 saturated heterocycles. The summed E-state index contributed by atoms with van der Waals surface area (Å²) < 4.78 is 97.6. The van der Waals surface area contributed by atoms with Gasteiger partial charge in [-0.15, -0.1) is 0 Å². The number of carbonyl (C=O) groups excluding carboxylic acids is 1. The van der Waals surface area contributed by atoms with E-state index in [2.05, 4.69) is 5.09 Å². The van der Waals surface area contributed by atoms with Gasteiger partial charge in [0.05, 0.1) is 6.10 Å². The van der Waals surface area contributed by atoms with Gasteiger partial charge in [-0.25, -0.2) is 17.7 Å². The lowest BCUT2D eigenvalue weighted by atomic mass is 10.0. The van der Waals surface area contributed by atoms with Gasteiger partial charge in [0.25, 0.3) is 0 Å². The minimum atomic E-state index is -4.97. The Kier molecular flexibility index (Phi) is 8.13. The van der Waals surface area contributed by atoms with Crippen LogP contribution in [0.1, 0.15) is 37.5 Å². The molecule has 182 valence electrons. The van der Waals surface area contributed by atoms with Gasteiger partial charge in [0.2, 0.25) is 34.8 Å². The zero-order chi connectivity index (χ0) is 25.2. The van der Waals surface area contributed by atoms with E-state index < -0.39 is 60.7 Å². The summed E-state index contributed by atoms with van der Waals surface area (Å²) in [6, 6.07) is 1.56. The van der Waals surface area contributed by atoms with E-state index in [1.54, 1.807) is 40.7 Å². The lowest BCUT2D eigenvalue weighted by molar-refractivity contribution is -0.149. The molecule has 0 aliphatic heterocycles. The van der Waals surface area contributed by atoms with Crippen LogP contribution in [-0.2, 0) is 14.1 Å².